The lowest BCUT2D eigenvalue weighted by Gasteiger charge is -2.09. The monoisotopic (exact) mass is 396 g/mol. The number of benzene rings is 2. The van der Waals surface area contributed by atoms with Gasteiger partial charge in [0, 0.05) is 11.6 Å². The van der Waals surface area contributed by atoms with E-state index in [2.05, 4.69) is 13.8 Å². The van der Waals surface area contributed by atoms with Gasteiger partial charge in [-0.3, -0.25) is 4.79 Å². The van der Waals surface area contributed by atoms with Gasteiger partial charge in [-0.05, 0) is 48.6 Å². The van der Waals surface area contributed by atoms with Crippen LogP contribution in [0.25, 0.3) is 6.08 Å². The molecule has 0 fully saturated rings. The van der Waals surface area contributed by atoms with Gasteiger partial charge in [-0.1, -0.05) is 44.2 Å². The highest BCUT2D eigenvalue weighted by Gasteiger charge is 2.10. The first-order valence-corrected chi connectivity index (χ1v) is 9.77. The van der Waals surface area contributed by atoms with Crippen LogP contribution in [0.15, 0.2) is 48.5 Å². The van der Waals surface area contributed by atoms with Gasteiger partial charge in [0.2, 0.25) is 0 Å². The molecule has 0 aromatic heterocycles. The lowest BCUT2D eigenvalue weighted by Crippen LogP contribution is -2.12. The van der Waals surface area contributed by atoms with Gasteiger partial charge in [0.25, 0.3) is 0 Å². The summed E-state index contributed by atoms with van der Waals surface area (Å²) in [5.74, 6) is 0.856. The molecule has 0 N–H and O–H groups in total. The number of hydrogen-bond donors (Lipinski definition) is 0. The lowest BCUT2D eigenvalue weighted by atomic mass is 9.97. The quantitative estimate of drug-likeness (QED) is 0.320. The largest absolute Gasteiger partial charge is 0.493 e. The summed E-state index contributed by atoms with van der Waals surface area (Å²) in [6.45, 7) is 6.40. The van der Waals surface area contributed by atoms with Crippen LogP contribution in [0.3, 0.4) is 0 Å². The van der Waals surface area contributed by atoms with E-state index < -0.39 is 5.97 Å². The third-order valence-electron chi connectivity index (χ3n) is 4.66. The first-order chi connectivity index (χ1) is 14.0. The first-order valence-electron chi connectivity index (χ1n) is 9.77. The van der Waals surface area contributed by atoms with Crippen molar-refractivity contribution >= 4 is 17.8 Å². The maximum Gasteiger partial charge on any atom is 0.331 e. The van der Waals surface area contributed by atoms with Crippen LogP contribution < -0.4 is 9.47 Å². The summed E-state index contributed by atoms with van der Waals surface area (Å²) in [6.07, 6.45) is 3.93. The minimum absolute atomic E-state index is 0.231. The van der Waals surface area contributed by atoms with Gasteiger partial charge in [-0.25, -0.2) is 4.79 Å². The molecule has 2 aromatic carbocycles. The van der Waals surface area contributed by atoms with E-state index in [0.717, 1.165) is 12.0 Å². The molecule has 0 aliphatic rings. The van der Waals surface area contributed by atoms with Crippen LogP contribution in [0.2, 0.25) is 0 Å². The predicted molar refractivity (Wildman–Crippen MR) is 114 cm³/mol. The Hall–Kier alpha value is -3.08. The summed E-state index contributed by atoms with van der Waals surface area (Å²) in [6, 6.07) is 12.8. The van der Waals surface area contributed by atoms with E-state index in [1.807, 2.05) is 19.1 Å². The molecule has 29 heavy (non-hydrogen) atoms. The second kappa shape index (κ2) is 11.1. The number of hydrogen-bond acceptors (Lipinski definition) is 5. The van der Waals surface area contributed by atoms with Crippen LogP contribution in [0, 0.1) is 0 Å². The van der Waals surface area contributed by atoms with Gasteiger partial charge in [-0.15, -0.1) is 0 Å². The number of carbonyl (C=O) groups excluding carboxylic acids is 2. The predicted octanol–water partition coefficient (Wildman–Crippen LogP) is 5.05. The Morgan fingerprint density at radius 3 is 2.38 bits per heavy atom. The highest BCUT2D eigenvalue weighted by atomic mass is 16.5. The van der Waals surface area contributed by atoms with Crippen molar-refractivity contribution in [2.45, 2.75) is 33.1 Å². The number of rotatable bonds is 10. The molecule has 0 saturated carbocycles. The Morgan fingerprint density at radius 2 is 1.76 bits per heavy atom. The second-order valence-electron chi connectivity index (χ2n) is 6.64. The van der Waals surface area contributed by atoms with Gasteiger partial charge in [-0.2, -0.15) is 0 Å². The summed E-state index contributed by atoms with van der Waals surface area (Å²) >= 11 is 0. The molecule has 1 atom stereocenters. The Kier molecular flexibility index (Phi) is 8.46. The summed E-state index contributed by atoms with van der Waals surface area (Å²) in [7, 11) is 1.56. The van der Waals surface area contributed by atoms with E-state index in [1.54, 1.807) is 43.5 Å². The molecule has 5 nitrogen and oxygen atoms in total. The molecule has 0 spiro atoms. The molecule has 5 heteroatoms. The van der Waals surface area contributed by atoms with E-state index in [1.165, 1.54) is 11.6 Å². The number of methoxy groups -OCH3 is 1. The van der Waals surface area contributed by atoms with Crippen LogP contribution >= 0.6 is 0 Å². The summed E-state index contributed by atoms with van der Waals surface area (Å²) in [4.78, 5) is 24.2. The number of ketones is 1. The van der Waals surface area contributed by atoms with Crippen molar-refractivity contribution in [1.82, 2.24) is 0 Å². The fourth-order valence-corrected chi connectivity index (χ4v) is 2.73. The maximum absolute atomic E-state index is 12.2. The highest BCUT2D eigenvalue weighted by Crippen LogP contribution is 2.28. The number of esters is 1. The van der Waals surface area contributed by atoms with Gasteiger partial charge in [0.1, 0.15) is 0 Å². The molecule has 0 saturated heterocycles. The molecule has 0 aliphatic heterocycles. The minimum atomic E-state index is -0.581. The second-order valence-corrected chi connectivity index (χ2v) is 6.64. The Balaban J connectivity index is 1.91. The Morgan fingerprint density at radius 1 is 1.03 bits per heavy atom. The van der Waals surface area contributed by atoms with Crippen molar-refractivity contribution in [3.63, 3.8) is 0 Å². The van der Waals surface area contributed by atoms with E-state index in [9.17, 15) is 9.59 Å². The molecule has 0 amide bonds. The van der Waals surface area contributed by atoms with Crippen LogP contribution in [0.1, 0.15) is 54.6 Å². The normalized spacial score (nSPS) is 11.9. The lowest BCUT2D eigenvalue weighted by molar-refractivity contribution is -0.136. The van der Waals surface area contributed by atoms with Crippen molar-refractivity contribution < 1.29 is 23.8 Å². The van der Waals surface area contributed by atoms with E-state index in [0.29, 0.717) is 29.6 Å². The number of carbonyl (C=O) groups is 2. The maximum atomic E-state index is 12.2. The molecule has 0 heterocycles. The highest BCUT2D eigenvalue weighted by molar-refractivity contribution is 5.98. The number of ether oxygens (including phenoxy) is 3. The molecule has 0 bridgehead atoms. The molecule has 0 radical (unpaired) electrons. The molecule has 154 valence electrons. The zero-order chi connectivity index (χ0) is 21.2. The van der Waals surface area contributed by atoms with Crippen LogP contribution in [0.5, 0.6) is 11.5 Å². The topological polar surface area (TPSA) is 61.8 Å². The Bertz CT molecular complexity index is 852. The van der Waals surface area contributed by atoms with Crippen molar-refractivity contribution in [2.75, 3.05) is 20.3 Å². The van der Waals surface area contributed by atoms with Crippen molar-refractivity contribution in [2.24, 2.45) is 0 Å². The van der Waals surface area contributed by atoms with Crippen LogP contribution in [-0.2, 0) is 9.53 Å². The zero-order valence-electron chi connectivity index (χ0n) is 17.4. The average Bonchev–Trinajstić information content (AvgIpc) is 2.76. The van der Waals surface area contributed by atoms with Crippen molar-refractivity contribution in [3.8, 4) is 11.5 Å². The molecule has 0 unspecified atom stereocenters. The first kappa shape index (κ1) is 22.2. The van der Waals surface area contributed by atoms with Gasteiger partial charge < -0.3 is 14.2 Å². The van der Waals surface area contributed by atoms with Crippen molar-refractivity contribution in [1.29, 1.82) is 0 Å². The van der Waals surface area contributed by atoms with E-state index >= 15 is 0 Å². The van der Waals surface area contributed by atoms with Crippen molar-refractivity contribution in [3.05, 3.63) is 65.2 Å². The molecule has 2 rings (SSSR count). The van der Waals surface area contributed by atoms with Crippen LogP contribution in [-0.4, -0.2) is 32.1 Å². The standard InChI is InChI=1S/C24H28O5/c1-5-17(3)19-9-11-20(12-10-19)21(25)16-29-24(26)14-8-18-7-13-22(28-6-2)23(15-18)27-4/h7-15,17H,5-6,16H2,1-4H3/b14-8+/t17-/m1/s1. The molecular formula is C24H28O5. The van der Waals surface area contributed by atoms with Gasteiger partial charge in [0.15, 0.2) is 23.9 Å². The van der Waals surface area contributed by atoms with Gasteiger partial charge >= 0.3 is 5.97 Å². The fourth-order valence-electron chi connectivity index (χ4n) is 2.73. The summed E-state index contributed by atoms with van der Waals surface area (Å²) in [5, 5.41) is 0. The minimum Gasteiger partial charge on any atom is -0.493 e. The molecule has 0 aliphatic carbocycles. The third-order valence-corrected chi connectivity index (χ3v) is 4.66. The fraction of sp³-hybridized carbons (Fsp3) is 0.333. The zero-order valence-corrected chi connectivity index (χ0v) is 17.4. The average molecular weight is 396 g/mol. The molecule has 2 aromatic rings. The number of Topliss-reactive ketones (excluding diaryl/α,β-unsaturated/α-hetero) is 1. The van der Waals surface area contributed by atoms with Crippen LogP contribution in [0.4, 0.5) is 0 Å². The smallest absolute Gasteiger partial charge is 0.331 e. The van der Waals surface area contributed by atoms with Gasteiger partial charge in [0.05, 0.1) is 13.7 Å². The van der Waals surface area contributed by atoms with E-state index in [-0.39, 0.29) is 12.4 Å². The molecular weight excluding hydrogens is 368 g/mol. The third kappa shape index (κ3) is 6.49. The SMILES string of the molecule is CCOc1ccc(/C=C/C(=O)OCC(=O)c2ccc([C@H](C)CC)cc2)cc1OC. The Labute approximate surface area is 172 Å². The summed E-state index contributed by atoms with van der Waals surface area (Å²) in [5.41, 5.74) is 2.48. The van der Waals surface area contributed by atoms with E-state index in [4.69, 9.17) is 14.2 Å². The summed E-state index contributed by atoms with van der Waals surface area (Å²) < 4.78 is 15.8.